The topological polar surface area (TPSA) is 68.2 Å². The molecule has 0 aliphatic carbocycles. The molecule has 1 aromatic rings. The van der Waals surface area contributed by atoms with Crippen molar-refractivity contribution in [2.24, 2.45) is 0 Å². The van der Waals surface area contributed by atoms with E-state index >= 15 is 0 Å². The lowest BCUT2D eigenvalue weighted by Gasteiger charge is -2.25. The molecule has 1 fully saturated rings. The van der Waals surface area contributed by atoms with Crippen molar-refractivity contribution < 1.29 is 4.79 Å². The zero-order valence-corrected chi connectivity index (χ0v) is 11.7. The standard InChI is InChI=1S/C15H20N4O/c1-12(20)18-14-5-3-13(4-6-14)15(11-16)19-9-2-7-17-8-10-19/h3-6,15,17H,2,7-10H2,1H3,(H,18,20). The van der Waals surface area contributed by atoms with Gasteiger partial charge in [0.15, 0.2) is 0 Å². The Labute approximate surface area is 119 Å². The lowest BCUT2D eigenvalue weighted by Crippen LogP contribution is -2.31. The van der Waals surface area contributed by atoms with E-state index in [4.69, 9.17) is 0 Å². The van der Waals surface area contributed by atoms with E-state index < -0.39 is 0 Å². The van der Waals surface area contributed by atoms with Crippen LogP contribution in [0.5, 0.6) is 0 Å². The van der Waals surface area contributed by atoms with Crippen molar-refractivity contribution >= 4 is 11.6 Å². The molecule has 1 amide bonds. The largest absolute Gasteiger partial charge is 0.326 e. The van der Waals surface area contributed by atoms with Crippen LogP contribution in [0.4, 0.5) is 5.69 Å². The summed E-state index contributed by atoms with van der Waals surface area (Å²) >= 11 is 0. The normalized spacial score (nSPS) is 17.8. The number of amides is 1. The van der Waals surface area contributed by atoms with Crippen LogP contribution in [-0.2, 0) is 4.79 Å². The summed E-state index contributed by atoms with van der Waals surface area (Å²) in [4.78, 5) is 13.2. The van der Waals surface area contributed by atoms with E-state index in [9.17, 15) is 10.1 Å². The number of rotatable bonds is 3. The average Bonchev–Trinajstić information content (AvgIpc) is 2.70. The number of nitrogens with zero attached hydrogens (tertiary/aromatic N) is 2. The van der Waals surface area contributed by atoms with Crippen LogP contribution in [0.25, 0.3) is 0 Å². The highest BCUT2D eigenvalue weighted by atomic mass is 16.1. The maximum atomic E-state index is 11.0. The molecular weight excluding hydrogens is 252 g/mol. The molecule has 20 heavy (non-hydrogen) atoms. The van der Waals surface area contributed by atoms with Crippen molar-refractivity contribution in [3.8, 4) is 6.07 Å². The fourth-order valence-electron chi connectivity index (χ4n) is 2.44. The first-order chi connectivity index (χ1) is 9.70. The van der Waals surface area contributed by atoms with E-state index in [0.717, 1.165) is 43.9 Å². The molecule has 106 valence electrons. The van der Waals surface area contributed by atoms with Gasteiger partial charge in [-0.15, -0.1) is 0 Å². The van der Waals surface area contributed by atoms with E-state index in [1.807, 2.05) is 24.3 Å². The van der Waals surface area contributed by atoms with Crippen LogP contribution in [0.3, 0.4) is 0 Å². The van der Waals surface area contributed by atoms with Gasteiger partial charge in [0.1, 0.15) is 6.04 Å². The maximum absolute atomic E-state index is 11.0. The quantitative estimate of drug-likeness (QED) is 0.875. The SMILES string of the molecule is CC(=O)Nc1ccc(C(C#N)N2CCCNCC2)cc1. The molecule has 1 aliphatic rings. The first kappa shape index (κ1) is 14.5. The predicted octanol–water partition coefficient (Wildman–Crippen LogP) is 1.50. The molecule has 0 radical (unpaired) electrons. The lowest BCUT2D eigenvalue weighted by molar-refractivity contribution is -0.114. The molecule has 1 heterocycles. The molecule has 2 N–H and O–H groups in total. The summed E-state index contributed by atoms with van der Waals surface area (Å²) in [6, 6.07) is 9.68. The second-order valence-corrected chi connectivity index (χ2v) is 4.97. The van der Waals surface area contributed by atoms with E-state index in [2.05, 4.69) is 21.6 Å². The van der Waals surface area contributed by atoms with Gasteiger partial charge in [0.05, 0.1) is 6.07 Å². The Morgan fingerprint density at radius 3 is 2.75 bits per heavy atom. The van der Waals surface area contributed by atoms with E-state index in [-0.39, 0.29) is 11.9 Å². The van der Waals surface area contributed by atoms with Crippen molar-refractivity contribution in [2.75, 3.05) is 31.5 Å². The average molecular weight is 272 g/mol. The van der Waals surface area contributed by atoms with Crippen molar-refractivity contribution in [3.63, 3.8) is 0 Å². The molecule has 0 aromatic heterocycles. The third-order valence-corrected chi connectivity index (χ3v) is 3.41. The molecule has 1 aromatic carbocycles. The molecular formula is C15H20N4O. The van der Waals surface area contributed by atoms with Crippen LogP contribution in [0.1, 0.15) is 24.9 Å². The highest BCUT2D eigenvalue weighted by molar-refractivity contribution is 5.88. The monoisotopic (exact) mass is 272 g/mol. The minimum absolute atomic E-state index is 0.0897. The molecule has 0 bridgehead atoms. The van der Waals surface area contributed by atoms with Gasteiger partial charge < -0.3 is 10.6 Å². The van der Waals surface area contributed by atoms with Gasteiger partial charge in [0.25, 0.3) is 0 Å². The molecule has 0 spiro atoms. The Morgan fingerprint density at radius 1 is 1.35 bits per heavy atom. The Hall–Kier alpha value is -1.90. The number of hydrogen-bond donors (Lipinski definition) is 2. The van der Waals surface area contributed by atoms with Gasteiger partial charge in [-0.05, 0) is 30.7 Å². The fraction of sp³-hybridized carbons (Fsp3) is 0.467. The molecule has 5 nitrogen and oxygen atoms in total. The fourth-order valence-corrected chi connectivity index (χ4v) is 2.44. The van der Waals surface area contributed by atoms with E-state index in [1.165, 1.54) is 6.92 Å². The van der Waals surface area contributed by atoms with Gasteiger partial charge in [0, 0.05) is 32.2 Å². The zero-order valence-electron chi connectivity index (χ0n) is 11.7. The Kier molecular flexibility index (Phi) is 5.10. The summed E-state index contributed by atoms with van der Waals surface area (Å²) in [7, 11) is 0. The molecule has 1 aliphatic heterocycles. The lowest BCUT2D eigenvalue weighted by atomic mass is 10.1. The Morgan fingerprint density at radius 2 is 2.10 bits per heavy atom. The number of anilines is 1. The number of nitriles is 1. The third-order valence-electron chi connectivity index (χ3n) is 3.41. The summed E-state index contributed by atoms with van der Waals surface area (Å²) in [5.41, 5.74) is 1.74. The second-order valence-electron chi connectivity index (χ2n) is 4.97. The Balaban J connectivity index is 2.10. The first-order valence-corrected chi connectivity index (χ1v) is 6.92. The molecule has 2 rings (SSSR count). The molecule has 0 saturated carbocycles. The summed E-state index contributed by atoms with van der Waals surface area (Å²) in [5, 5.41) is 15.5. The highest BCUT2D eigenvalue weighted by Gasteiger charge is 2.20. The zero-order chi connectivity index (χ0) is 14.4. The van der Waals surface area contributed by atoms with Crippen molar-refractivity contribution in [3.05, 3.63) is 29.8 Å². The van der Waals surface area contributed by atoms with Gasteiger partial charge in [-0.2, -0.15) is 5.26 Å². The Bertz CT molecular complexity index is 484. The molecule has 1 saturated heterocycles. The molecule has 1 atom stereocenters. The number of carbonyl (C=O) groups excluding carboxylic acids is 1. The summed E-state index contributed by atoms with van der Waals surface area (Å²) in [5.74, 6) is -0.0897. The van der Waals surface area contributed by atoms with Gasteiger partial charge in [-0.1, -0.05) is 12.1 Å². The second kappa shape index (κ2) is 7.04. The van der Waals surface area contributed by atoms with Crippen LogP contribution in [-0.4, -0.2) is 37.0 Å². The summed E-state index contributed by atoms with van der Waals surface area (Å²) in [6.45, 7) is 5.22. The van der Waals surface area contributed by atoms with Crippen LogP contribution < -0.4 is 10.6 Å². The smallest absolute Gasteiger partial charge is 0.221 e. The van der Waals surface area contributed by atoms with E-state index in [1.54, 1.807) is 0 Å². The number of nitrogens with one attached hydrogen (secondary N) is 2. The summed E-state index contributed by atoms with van der Waals surface area (Å²) in [6.07, 6.45) is 1.06. The highest BCUT2D eigenvalue weighted by Crippen LogP contribution is 2.22. The van der Waals surface area contributed by atoms with Gasteiger partial charge in [-0.25, -0.2) is 0 Å². The van der Waals surface area contributed by atoms with Gasteiger partial charge in [-0.3, -0.25) is 9.69 Å². The van der Waals surface area contributed by atoms with Crippen LogP contribution >= 0.6 is 0 Å². The van der Waals surface area contributed by atoms with Crippen molar-refractivity contribution in [1.82, 2.24) is 10.2 Å². The predicted molar refractivity (Wildman–Crippen MR) is 78.2 cm³/mol. The number of hydrogen-bond acceptors (Lipinski definition) is 4. The van der Waals surface area contributed by atoms with E-state index in [0.29, 0.717) is 0 Å². The minimum Gasteiger partial charge on any atom is -0.326 e. The number of carbonyl (C=O) groups is 1. The maximum Gasteiger partial charge on any atom is 0.221 e. The van der Waals surface area contributed by atoms with Gasteiger partial charge >= 0.3 is 0 Å². The first-order valence-electron chi connectivity index (χ1n) is 6.92. The third kappa shape index (κ3) is 3.80. The van der Waals surface area contributed by atoms with Crippen molar-refractivity contribution in [2.45, 2.75) is 19.4 Å². The molecule has 1 unspecified atom stereocenters. The minimum atomic E-state index is -0.221. The van der Waals surface area contributed by atoms with Crippen molar-refractivity contribution in [1.29, 1.82) is 5.26 Å². The summed E-state index contributed by atoms with van der Waals surface area (Å²) < 4.78 is 0. The number of benzene rings is 1. The van der Waals surface area contributed by atoms with Gasteiger partial charge in [0.2, 0.25) is 5.91 Å². The van der Waals surface area contributed by atoms with Crippen LogP contribution in [0.15, 0.2) is 24.3 Å². The molecule has 5 heteroatoms. The van der Waals surface area contributed by atoms with Crippen LogP contribution in [0.2, 0.25) is 0 Å². The van der Waals surface area contributed by atoms with Crippen LogP contribution in [0, 0.1) is 11.3 Å².